The molecule has 0 fully saturated rings. The maximum Gasteiger partial charge on any atom is 0.433 e. The van der Waals surface area contributed by atoms with Gasteiger partial charge in [0.25, 0.3) is 0 Å². The summed E-state index contributed by atoms with van der Waals surface area (Å²) in [7, 11) is 0. The number of alkyl halides is 6. The number of rotatable bonds is 2. The number of pyridine rings is 2. The van der Waals surface area contributed by atoms with Crippen molar-refractivity contribution in [2.45, 2.75) is 18.3 Å². The Hall–Kier alpha value is -2.67. The fraction of sp³-hybridized carbons (Fsp3) is 0.167. The maximum atomic E-state index is 13.2. The van der Waals surface area contributed by atoms with Gasteiger partial charge in [-0.2, -0.15) is 31.6 Å². The van der Waals surface area contributed by atoms with Crippen LogP contribution >= 0.6 is 15.9 Å². The molecule has 2 heterocycles. The standard InChI is InChI=1S/C18H8BrF6N3/c19-10-3-1-9(2-4-10)12(8-26)14-6-5-11-13(17(20,21)22)7-15(18(23,24)25)28-16(11)27-14/h1-7,12H. The molecule has 3 rings (SSSR count). The molecular weight excluding hydrogens is 452 g/mol. The van der Waals surface area contributed by atoms with Gasteiger partial charge < -0.3 is 0 Å². The average Bonchev–Trinajstić information content (AvgIpc) is 2.61. The molecule has 2 aromatic heterocycles. The lowest BCUT2D eigenvalue weighted by atomic mass is 9.96. The van der Waals surface area contributed by atoms with Crippen molar-refractivity contribution in [3.63, 3.8) is 0 Å². The topological polar surface area (TPSA) is 49.6 Å². The highest BCUT2D eigenvalue weighted by Crippen LogP contribution is 2.38. The first-order chi connectivity index (χ1) is 13.0. The van der Waals surface area contributed by atoms with Crippen LogP contribution in [0.3, 0.4) is 0 Å². The fourth-order valence-electron chi connectivity index (χ4n) is 2.63. The summed E-state index contributed by atoms with van der Waals surface area (Å²) in [6.07, 6.45) is -10.1. The number of halogens is 7. The minimum atomic E-state index is -5.08. The molecule has 3 nitrogen and oxygen atoms in total. The highest BCUT2D eigenvalue weighted by atomic mass is 79.9. The van der Waals surface area contributed by atoms with Crippen LogP contribution < -0.4 is 0 Å². The van der Waals surface area contributed by atoms with Crippen molar-refractivity contribution < 1.29 is 26.3 Å². The Morgan fingerprint density at radius 2 is 1.54 bits per heavy atom. The van der Waals surface area contributed by atoms with Crippen LogP contribution in [0.25, 0.3) is 11.0 Å². The second-order valence-corrected chi connectivity index (χ2v) is 6.69. The van der Waals surface area contributed by atoms with E-state index >= 15 is 0 Å². The summed E-state index contributed by atoms with van der Waals surface area (Å²) in [4.78, 5) is 7.10. The van der Waals surface area contributed by atoms with Gasteiger partial charge in [-0.05, 0) is 35.9 Å². The molecule has 0 saturated carbocycles. The second-order valence-electron chi connectivity index (χ2n) is 5.77. The number of fused-ring (bicyclic) bond motifs is 1. The van der Waals surface area contributed by atoms with Gasteiger partial charge in [0.05, 0.1) is 17.3 Å². The third kappa shape index (κ3) is 3.94. The van der Waals surface area contributed by atoms with Gasteiger partial charge in [0.15, 0.2) is 5.65 Å². The molecule has 0 amide bonds. The Bertz CT molecular complexity index is 1070. The molecule has 10 heteroatoms. The van der Waals surface area contributed by atoms with Crippen molar-refractivity contribution in [2.24, 2.45) is 0 Å². The Kier molecular flexibility index (Phi) is 5.06. The van der Waals surface area contributed by atoms with Crippen molar-refractivity contribution >= 4 is 27.0 Å². The van der Waals surface area contributed by atoms with Gasteiger partial charge in [0, 0.05) is 9.86 Å². The van der Waals surface area contributed by atoms with Crippen molar-refractivity contribution in [3.05, 3.63) is 69.5 Å². The number of hydrogen-bond donors (Lipinski definition) is 0. The first kappa shape index (κ1) is 20.1. The monoisotopic (exact) mass is 459 g/mol. The van der Waals surface area contributed by atoms with E-state index in [-0.39, 0.29) is 11.8 Å². The summed E-state index contributed by atoms with van der Waals surface area (Å²) in [5.74, 6) is -0.983. The largest absolute Gasteiger partial charge is 0.433 e. The summed E-state index contributed by atoms with van der Waals surface area (Å²) in [5, 5.41) is 8.89. The van der Waals surface area contributed by atoms with E-state index in [1.54, 1.807) is 24.3 Å². The lowest BCUT2D eigenvalue weighted by molar-refractivity contribution is -0.144. The third-order valence-corrected chi connectivity index (χ3v) is 4.45. The van der Waals surface area contributed by atoms with Crippen LogP contribution in [-0.2, 0) is 12.4 Å². The SMILES string of the molecule is N#CC(c1ccc(Br)cc1)c1ccc2c(C(F)(F)F)cc(C(F)(F)F)nc2n1. The van der Waals surface area contributed by atoms with Gasteiger partial charge in [-0.1, -0.05) is 28.1 Å². The lowest BCUT2D eigenvalue weighted by Gasteiger charge is -2.15. The zero-order chi connectivity index (χ0) is 20.7. The molecule has 1 aromatic carbocycles. The first-order valence-corrected chi connectivity index (χ1v) is 8.41. The van der Waals surface area contributed by atoms with Gasteiger partial charge in [0.2, 0.25) is 0 Å². The Labute approximate surface area is 162 Å². The second kappa shape index (κ2) is 7.05. The molecular formula is C18H8BrF6N3. The van der Waals surface area contributed by atoms with Crippen LogP contribution in [0.4, 0.5) is 26.3 Å². The van der Waals surface area contributed by atoms with Crippen LogP contribution in [0.5, 0.6) is 0 Å². The summed E-state index contributed by atoms with van der Waals surface area (Å²) >= 11 is 3.24. The number of nitrogens with zero attached hydrogens (tertiary/aromatic N) is 3. The normalized spacial score (nSPS) is 13.4. The average molecular weight is 460 g/mol. The van der Waals surface area contributed by atoms with Crippen LogP contribution in [0.15, 0.2) is 46.9 Å². The smallest absolute Gasteiger partial charge is 0.231 e. The summed E-state index contributed by atoms with van der Waals surface area (Å²) in [5.41, 5.74) is -3.43. The molecule has 0 aliphatic carbocycles. The molecule has 0 N–H and O–H groups in total. The molecule has 0 saturated heterocycles. The highest BCUT2D eigenvalue weighted by molar-refractivity contribution is 9.10. The van der Waals surface area contributed by atoms with Gasteiger partial charge in [-0.15, -0.1) is 0 Å². The van der Waals surface area contributed by atoms with E-state index in [0.717, 1.165) is 10.5 Å². The van der Waals surface area contributed by atoms with Crippen molar-refractivity contribution in [3.8, 4) is 6.07 Å². The molecule has 1 unspecified atom stereocenters. The van der Waals surface area contributed by atoms with E-state index in [2.05, 4.69) is 25.9 Å². The fourth-order valence-corrected chi connectivity index (χ4v) is 2.89. The first-order valence-electron chi connectivity index (χ1n) is 7.62. The molecule has 0 bridgehead atoms. The van der Waals surface area contributed by atoms with Gasteiger partial charge in [-0.3, -0.25) is 0 Å². The Balaban J connectivity index is 2.22. The molecule has 144 valence electrons. The van der Waals surface area contributed by atoms with Crippen LogP contribution in [0.1, 0.15) is 28.4 Å². The van der Waals surface area contributed by atoms with Crippen molar-refractivity contribution in [1.29, 1.82) is 5.26 Å². The zero-order valence-corrected chi connectivity index (χ0v) is 15.2. The lowest BCUT2D eigenvalue weighted by Crippen LogP contribution is -2.14. The van der Waals surface area contributed by atoms with Gasteiger partial charge in [0.1, 0.15) is 11.6 Å². The number of hydrogen-bond acceptors (Lipinski definition) is 3. The van der Waals surface area contributed by atoms with E-state index in [9.17, 15) is 31.6 Å². The van der Waals surface area contributed by atoms with E-state index in [1.165, 1.54) is 6.07 Å². The zero-order valence-electron chi connectivity index (χ0n) is 13.6. The minimum Gasteiger partial charge on any atom is -0.231 e. The number of nitriles is 1. The number of aromatic nitrogens is 2. The molecule has 0 radical (unpaired) electrons. The highest BCUT2D eigenvalue weighted by Gasteiger charge is 2.39. The minimum absolute atomic E-state index is 0.00253. The van der Waals surface area contributed by atoms with E-state index in [0.29, 0.717) is 5.56 Å². The third-order valence-electron chi connectivity index (χ3n) is 3.92. The van der Waals surface area contributed by atoms with Gasteiger partial charge >= 0.3 is 12.4 Å². The summed E-state index contributed by atoms with van der Waals surface area (Å²) < 4.78 is 79.4. The van der Waals surface area contributed by atoms with Crippen molar-refractivity contribution in [2.75, 3.05) is 0 Å². The molecule has 0 aliphatic rings. The van der Waals surface area contributed by atoms with E-state index in [4.69, 9.17) is 0 Å². The quantitative estimate of drug-likeness (QED) is 0.436. The molecule has 0 aliphatic heterocycles. The Morgan fingerprint density at radius 1 is 0.893 bits per heavy atom. The maximum absolute atomic E-state index is 13.2. The predicted molar refractivity (Wildman–Crippen MR) is 91.1 cm³/mol. The van der Waals surface area contributed by atoms with Crippen LogP contribution in [0, 0.1) is 11.3 Å². The number of benzene rings is 1. The van der Waals surface area contributed by atoms with Crippen LogP contribution in [0.2, 0.25) is 0 Å². The summed E-state index contributed by atoms with van der Waals surface area (Å²) in [6, 6.07) is 10.6. The van der Waals surface area contributed by atoms with Crippen LogP contribution in [-0.4, -0.2) is 9.97 Å². The van der Waals surface area contributed by atoms with Gasteiger partial charge in [-0.25, -0.2) is 9.97 Å². The molecule has 3 aromatic rings. The predicted octanol–water partition coefficient (Wildman–Crippen LogP) is 6.09. The van der Waals surface area contributed by atoms with E-state index in [1.807, 2.05) is 6.07 Å². The Morgan fingerprint density at radius 3 is 2.07 bits per heavy atom. The van der Waals surface area contributed by atoms with E-state index < -0.39 is 40.6 Å². The summed E-state index contributed by atoms with van der Waals surface area (Å²) in [6.45, 7) is 0. The molecule has 28 heavy (non-hydrogen) atoms. The molecule has 0 spiro atoms. The molecule has 1 atom stereocenters. The van der Waals surface area contributed by atoms with Crippen molar-refractivity contribution in [1.82, 2.24) is 9.97 Å².